The van der Waals surface area contributed by atoms with Gasteiger partial charge in [0.2, 0.25) is 11.8 Å². The molecule has 1 fully saturated rings. The Kier molecular flexibility index (Phi) is 3.75. The number of benzene rings is 3. The summed E-state index contributed by atoms with van der Waals surface area (Å²) in [4.78, 5) is 42.8. The van der Waals surface area contributed by atoms with Crippen LogP contribution in [0.3, 0.4) is 0 Å². The summed E-state index contributed by atoms with van der Waals surface area (Å²) < 4.78 is 0. The third-order valence-corrected chi connectivity index (χ3v) is 7.92. The highest BCUT2D eigenvalue weighted by molar-refractivity contribution is 6.25. The van der Waals surface area contributed by atoms with Gasteiger partial charge < -0.3 is 0 Å². The molecule has 3 aromatic rings. The molecular weight excluding hydrogens is 398 g/mol. The highest BCUT2D eigenvalue weighted by atomic mass is 16.2. The fraction of sp³-hybridized carbons (Fsp3) is 0.250. The molecule has 4 heteroatoms. The van der Waals surface area contributed by atoms with Gasteiger partial charge in [-0.15, -0.1) is 0 Å². The fourth-order valence-electron chi connectivity index (χ4n) is 6.49. The van der Waals surface area contributed by atoms with Gasteiger partial charge in [-0.3, -0.25) is 14.4 Å². The third kappa shape index (κ3) is 2.05. The molecule has 1 aliphatic heterocycles. The molecule has 0 spiro atoms. The first-order valence-corrected chi connectivity index (χ1v) is 11.0. The van der Waals surface area contributed by atoms with Crippen LogP contribution in [-0.2, 0) is 19.8 Å². The van der Waals surface area contributed by atoms with Gasteiger partial charge in [-0.05, 0) is 66.3 Å². The van der Waals surface area contributed by atoms with Gasteiger partial charge in [0, 0.05) is 5.92 Å². The predicted octanol–water partition coefficient (Wildman–Crippen LogP) is 4.44. The number of hydrogen-bond acceptors (Lipinski definition) is 3. The smallest absolute Gasteiger partial charge is 0.239 e. The minimum Gasteiger partial charge on any atom is -0.299 e. The number of carbonyl (C=O) groups is 3. The van der Waals surface area contributed by atoms with Crippen molar-refractivity contribution in [1.82, 2.24) is 0 Å². The van der Waals surface area contributed by atoms with Gasteiger partial charge in [-0.1, -0.05) is 54.6 Å². The minimum absolute atomic E-state index is 0.0892. The average molecular weight is 421 g/mol. The molecule has 1 saturated heterocycles. The zero-order chi connectivity index (χ0) is 22.4. The lowest BCUT2D eigenvalue weighted by atomic mass is 9.46. The second kappa shape index (κ2) is 6.26. The van der Waals surface area contributed by atoms with Gasteiger partial charge in [0.05, 0.1) is 22.9 Å². The van der Waals surface area contributed by atoms with Crippen molar-refractivity contribution < 1.29 is 14.4 Å². The normalized spacial score (nSPS) is 27.2. The van der Waals surface area contributed by atoms with Crippen molar-refractivity contribution in [2.24, 2.45) is 11.8 Å². The number of anilines is 1. The van der Waals surface area contributed by atoms with E-state index < -0.39 is 17.3 Å². The molecule has 4 aliphatic rings. The molecule has 1 heterocycles. The van der Waals surface area contributed by atoms with E-state index in [4.69, 9.17) is 0 Å². The Bertz CT molecular complexity index is 1310. The molecule has 2 bridgehead atoms. The van der Waals surface area contributed by atoms with E-state index >= 15 is 0 Å². The highest BCUT2D eigenvalue weighted by Gasteiger charge is 2.69. The fourth-order valence-corrected chi connectivity index (χ4v) is 6.49. The quantitative estimate of drug-likeness (QED) is 0.575. The monoisotopic (exact) mass is 421 g/mol. The first-order valence-electron chi connectivity index (χ1n) is 11.0. The zero-order valence-electron chi connectivity index (χ0n) is 18.3. The average Bonchev–Trinajstić information content (AvgIpc) is 3.06. The van der Waals surface area contributed by atoms with Gasteiger partial charge in [0.15, 0.2) is 0 Å². The number of carbonyl (C=O) groups excluding carboxylic acids is 3. The number of ketones is 1. The van der Waals surface area contributed by atoms with Gasteiger partial charge >= 0.3 is 0 Å². The molecule has 0 N–H and O–H groups in total. The summed E-state index contributed by atoms with van der Waals surface area (Å²) in [6.07, 6.45) is 0. The minimum atomic E-state index is -1.15. The number of amides is 2. The summed E-state index contributed by atoms with van der Waals surface area (Å²) in [6.45, 7) is 5.54. The predicted molar refractivity (Wildman–Crippen MR) is 122 cm³/mol. The van der Waals surface area contributed by atoms with Crippen LogP contribution >= 0.6 is 0 Å². The lowest BCUT2D eigenvalue weighted by molar-refractivity contribution is -0.132. The van der Waals surface area contributed by atoms with Gasteiger partial charge in [-0.25, -0.2) is 4.90 Å². The maximum atomic E-state index is 14.0. The number of aryl methyl sites for hydroxylation is 2. The Hall–Kier alpha value is -3.53. The van der Waals surface area contributed by atoms with Crippen LogP contribution in [0, 0.1) is 25.7 Å². The van der Waals surface area contributed by atoms with E-state index in [2.05, 4.69) is 0 Å². The molecule has 0 aromatic heterocycles. The van der Waals surface area contributed by atoms with Gasteiger partial charge in [-0.2, -0.15) is 0 Å². The Morgan fingerprint density at radius 3 is 1.97 bits per heavy atom. The maximum absolute atomic E-state index is 14.0. The van der Waals surface area contributed by atoms with E-state index in [9.17, 15) is 14.4 Å². The molecule has 0 radical (unpaired) electrons. The number of imide groups is 1. The van der Waals surface area contributed by atoms with E-state index in [-0.39, 0.29) is 23.5 Å². The summed E-state index contributed by atoms with van der Waals surface area (Å²) in [6, 6.07) is 21.4. The molecule has 7 rings (SSSR count). The van der Waals surface area contributed by atoms with E-state index in [1.54, 1.807) is 6.92 Å². The van der Waals surface area contributed by atoms with Gasteiger partial charge in [0.25, 0.3) is 0 Å². The van der Waals surface area contributed by atoms with Crippen molar-refractivity contribution in [3.8, 4) is 0 Å². The second-order valence-electron chi connectivity index (χ2n) is 9.30. The SMILES string of the molecule is CC(=O)C12c3ccccc3C(c3ccccc31)[C@H]1C(=O)N(c3ccc(C)c(C)c3)C(=O)[C@@H]12. The lowest BCUT2D eigenvalue weighted by Crippen LogP contribution is -2.57. The first kappa shape index (κ1) is 19.2. The number of nitrogens with zero attached hydrogens (tertiary/aromatic N) is 1. The van der Waals surface area contributed by atoms with Crippen LogP contribution < -0.4 is 4.90 Å². The molecule has 0 unspecified atom stereocenters. The standard InChI is InChI=1S/C28H23NO3/c1-15-12-13-18(14-16(15)2)29-26(31)24-23-19-8-4-6-10-21(19)28(17(3)30,25(24)27(29)32)22-11-7-5-9-20(22)23/h4-14,23-25H,1-3H3/t23?,24-,25-,28?/m1/s1. The van der Waals surface area contributed by atoms with Crippen LogP contribution in [0.1, 0.15) is 46.2 Å². The van der Waals surface area contributed by atoms with Crippen molar-refractivity contribution >= 4 is 23.3 Å². The summed E-state index contributed by atoms with van der Waals surface area (Å²) in [5.74, 6) is -2.12. The number of rotatable bonds is 2. The van der Waals surface area contributed by atoms with Crippen LogP contribution in [0.4, 0.5) is 5.69 Å². The van der Waals surface area contributed by atoms with Crippen LogP contribution in [0.2, 0.25) is 0 Å². The second-order valence-corrected chi connectivity index (χ2v) is 9.30. The van der Waals surface area contributed by atoms with Crippen LogP contribution in [-0.4, -0.2) is 17.6 Å². The summed E-state index contributed by atoms with van der Waals surface area (Å²) in [5.41, 5.74) is 5.30. The van der Waals surface area contributed by atoms with E-state index in [0.717, 1.165) is 33.4 Å². The molecule has 158 valence electrons. The Morgan fingerprint density at radius 1 is 0.812 bits per heavy atom. The molecule has 4 nitrogen and oxygen atoms in total. The molecule has 0 saturated carbocycles. The van der Waals surface area contributed by atoms with E-state index in [1.807, 2.05) is 80.6 Å². The number of Topliss-reactive ketones (excluding diaryl/α,β-unsaturated/α-hetero) is 1. The van der Waals surface area contributed by atoms with Crippen molar-refractivity contribution in [2.45, 2.75) is 32.1 Å². The topological polar surface area (TPSA) is 54.5 Å². The van der Waals surface area contributed by atoms with Crippen molar-refractivity contribution in [1.29, 1.82) is 0 Å². The van der Waals surface area contributed by atoms with Crippen LogP contribution in [0.15, 0.2) is 66.7 Å². The Balaban J connectivity index is 1.66. The zero-order valence-corrected chi connectivity index (χ0v) is 18.3. The van der Waals surface area contributed by atoms with Crippen molar-refractivity contribution in [3.63, 3.8) is 0 Å². The first-order chi connectivity index (χ1) is 15.4. The summed E-state index contributed by atoms with van der Waals surface area (Å²) >= 11 is 0. The van der Waals surface area contributed by atoms with Crippen LogP contribution in [0.25, 0.3) is 0 Å². The Morgan fingerprint density at radius 2 is 1.41 bits per heavy atom. The van der Waals surface area contributed by atoms with Crippen LogP contribution in [0.5, 0.6) is 0 Å². The lowest BCUT2D eigenvalue weighted by Gasteiger charge is -2.52. The molecule has 2 amide bonds. The van der Waals surface area contributed by atoms with E-state index in [0.29, 0.717) is 5.69 Å². The maximum Gasteiger partial charge on any atom is 0.239 e. The third-order valence-electron chi connectivity index (χ3n) is 7.92. The van der Waals surface area contributed by atoms with Crippen molar-refractivity contribution in [3.05, 3.63) is 100 Å². The largest absolute Gasteiger partial charge is 0.299 e. The Labute approximate surface area is 186 Å². The summed E-state index contributed by atoms with van der Waals surface area (Å²) in [5, 5.41) is 0. The van der Waals surface area contributed by atoms with Gasteiger partial charge in [0.1, 0.15) is 5.78 Å². The molecule has 32 heavy (non-hydrogen) atoms. The number of hydrogen-bond donors (Lipinski definition) is 0. The van der Waals surface area contributed by atoms with Crippen molar-refractivity contribution in [2.75, 3.05) is 4.90 Å². The molecule has 2 atom stereocenters. The summed E-state index contributed by atoms with van der Waals surface area (Å²) in [7, 11) is 0. The highest BCUT2D eigenvalue weighted by Crippen LogP contribution is 2.64. The molecular formula is C28H23NO3. The van der Waals surface area contributed by atoms with E-state index in [1.165, 1.54) is 4.90 Å². The molecule has 3 aliphatic carbocycles. The molecule has 3 aromatic carbocycles.